The smallest absolute Gasteiger partial charge is 0.335 e. The molecule has 0 bridgehead atoms. The van der Waals surface area contributed by atoms with E-state index in [9.17, 15) is 9.18 Å². The lowest BCUT2D eigenvalue weighted by atomic mass is 10.2. The summed E-state index contributed by atoms with van der Waals surface area (Å²) >= 11 is 3.34. The molecule has 21 heavy (non-hydrogen) atoms. The first-order chi connectivity index (χ1) is 9.97. The number of benzene rings is 2. The Kier molecular flexibility index (Phi) is 3.25. The van der Waals surface area contributed by atoms with Crippen LogP contribution in [-0.2, 0) is 0 Å². The quantitative estimate of drug-likeness (QED) is 0.763. The number of carbonyl (C=O) groups is 1. The highest BCUT2D eigenvalue weighted by molar-refractivity contribution is 9.10. The topological polar surface area (TPSA) is 55.1 Å². The van der Waals surface area contributed by atoms with Gasteiger partial charge in [0.2, 0.25) is 0 Å². The predicted octanol–water partition coefficient (Wildman–Crippen LogP) is 3.93. The molecule has 1 N–H and O–H groups in total. The Morgan fingerprint density at radius 3 is 2.71 bits per heavy atom. The van der Waals surface area contributed by atoms with E-state index in [4.69, 9.17) is 5.11 Å². The number of imidazole rings is 1. The summed E-state index contributed by atoms with van der Waals surface area (Å²) in [7, 11) is 0. The van der Waals surface area contributed by atoms with Gasteiger partial charge in [-0.3, -0.25) is 4.57 Å². The summed E-state index contributed by atoms with van der Waals surface area (Å²) in [6.45, 7) is 1.82. The zero-order valence-corrected chi connectivity index (χ0v) is 12.6. The lowest BCUT2D eigenvalue weighted by molar-refractivity contribution is 0.0697. The van der Waals surface area contributed by atoms with Gasteiger partial charge in [-0.2, -0.15) is 0 Å². The van der Waals surface area contributed by atoms with Gasteiger partial charge in [0.05, 0.1) is 22.3 Å². The van der Waals surface area contributed by atoms with Gasteiger partial charge in [0.25, 0.3) is 0 Å². The summed E-state index contributed by atoms with van der Waals surface area (Å²) in [6, 6.07) is 9.16. The molecular formula is C15H10BrFN2O2. The van der Waals surface area contributed by atoms with Crippen molar-refractivity contribution in [3.63, 3.8) is 0 Å². The van der Waals surface area contributed by atoms with Gasteiger partial charge < -0.3 is 5.11 Å². The number of carboxylic acid groups (broad SMARTS) is 1. The third kappa shape index (κ3) is 2.31. The number of halogens is 2. The first kappa shape index (κ1) is 13.8. The van der Waals surface area contributed by atoms with Gasteiger partial charge in [-0.05, 0) is 59.3 Å². The number of nitrogens with zero attached hydrogens (tertiary/aromatic N) is 2. The molecule has 0 aliphatic carbocycles. The van der Waals surface area contributed by atoms with E-state index in [-0.39, 0.29) is 11.4 Å². The summed E-state index contributed by atoms with van der Waals surface area (Å²) in [6.07, 6.45) is 0. The van der Waals surface area contributed by atoms with E-state index in [1.165, 1.54) is 24.3 Å². The zero-order valence-electron chi connectivity index (χ0n) is 11.0. The van der Waals surface area contributed by atoms with Crippen LogP contribution in [0.1, 0.15) is 16.2 Å². The maximum absolute atomic E-state index is 13.2. The summed E-state index contributed by atoms with van der Waals surface area (Å²) in [5, 5.41) is 9.03. The molecule has 0 saturated carbocycles. The molecule has 0 aliphatic heterocycles. The molecule has 1 aromatic heterocycles. The Labute approximate surface area is 128 Å². The van der Waals surface area contributed by atoms with Crippen LogP contribution in [0.2, 0.25) is 0 Å². The van der Waals surface area contributed by atoms with Gasteiger partial charge in [-0.15, -0.1) is 0 Å². The summed E-state index contributed by atoms with van der Waals surface area (Å²) in [4.78, 5) is 15.4. The molecule has 0 radical (unpaired) electrons. The number of aromatic carboxylic acids is 1. The van der Waals surface area contributed by atoms with Crippen LogP contribution in [0.5, 0.6) is 0 Å². The highest BCUT2D eigenvalue weighted by Gasteiger charge is 2.14. The van der Waals surface area contributed by atoms with Crippen molar-refractivity contribution < 1.29 is 14.3 Å². The fraction of sp³-hybridized carbons (Fsp3) is 0.0667. The Morgan fingerprint density at radius 2 is 2.05 bits per heavy atom. The Hall–Kier alpha value is -2.21. The SMILES string of the molecule is Cc1nc2cc(C(=O)O)ccc2n1-c1ccc(F)cc1Br. The van der Waals surface area contributed by atoms with Gasteiger partial charge in [0.1, 0.15) is 11.6 Å². The number of hydrogen-bond acceptors (Lipinski definition) is 2. The molecule has 106 valence electrons. The molecule has 0 aliphatic rings. The number of rotatable bonds is 2. The van der Waals surface area contributed by atoms with Crippen LogP contribution in [0, 0.1) is 12.7 Å². The summed E-state index contributed by atoms with van der Waals surface area (Å²) < 4.78 is 15.7. The van der Waals surface area contributed by atoms with E-state index in [1.54, 1.807) is 12.1 Å². The van der Waals surface area contributed by atoms with Crippen LogP contribution in [0.4, 0.5) is 4.39 Å². The molecule has 2 aromatic carbocycles. The average molecular weight is 349 g/mol. The van der Waals surface area contributed by atoms with Crippen LogP contribution in [-0.4, -0.2) is 20.6 Å². The highest BCUT2D eigenvalue weighted by atomic mass is 79.9. The van der Waals surface area contributed by atoms with Crippen LogP contribution in [0.25, 0.3) is 16.7 Å². The number of carboxylic acids is 1. The second kappa shape index (κ2) is 4.96. The molecule has 0 spiro atoms. The number of aromatic nitrogens is 2. The first-order valence-electron chi connectivity index (χ1n) is 6.15. The molecule has 1 heterocycles. The van der Waals surface area contributed by atoms with E-state index in [0.717, 1.165) is 11.2 Å². The van der Waals surface area contributed by atoms with Gasteiger partial charge in [-0.25, -0.2) is 14.2 Å². The molecule has 0 atom stereocenters. The van der Waals surface area contributed by atoms with Gasteiger partial charge in [-0.1, -0.05) is 0 Å². The number of fused-ring (bicyclic) bond motifs is 1. The van der Waals surface area contributed by atoms with E-state index in [1.807, 2.05) is 11.5 Å². The molecule has 3 rings (SSSR count). The van der Waals surface area contributed by atoms with Crippen molar-refractivity contribution in [2.45, 2.75) is 6.92 Å². The van der Waals surface area contributed by atoms with Crippen molar-refractivity contribution in [2.24, 2.45) is 0 Å². The van der Waals surface area contributed by atoms with E-state index < -0.39 is 5.97 Å². The molecule has 0 fully saturated rings. The molecule has 3 aromatic rings. The lowest BCUT2D eigenvalue weighted by Crippen LogP contribution is -1.99. The fourth-order valence-electron chi connectivity index (χ4n) is 2.30. The molecular weight excluding hydrogens is 339 g/mol. The Morgan fingerprint density at radius 1 is 1.29 bits per heavy atom. The molecule has 4 nitrogen and oxygen atoms in total. The minimum absolute atomic E-state index is 0.185. The third-order valence-corrected chi connectivity index (χ3v) is 3.85. The molecule has 0 amide bonds. The van der Waals surface area contributed by atoms with Crippen molar-refractivity contribution in [3.8, 4) is 5.69 Å². The Balaban J connectivity index is 2.27. The van der Waals surface area contributed by atoms with Crippen LogP contribution >= 0.6 is 15.9 Å². The minimum Gasteiger partial charge on any atom is -0.478 e. The van der Waals surface area contributed by atoms with Crippen molar-refractivity contribution >= 4 is 32.9 Å². The summed E-state index contributed by atoms with van der Waals surface area (Å²) in [5.41, 5.74) is 2.29. The molecule has 0 unspecified atom stereocenters. The second-order valence-electron chi connectivity index (χ2n) is 4.60. The van der Waals surface area contributed by atoms with Gasteiger partial charge in [0.15, 0.2) is 0 Å². The zero-order chi connectivity index (χ0) is 15.1. The normalized spacial score (nSPS) is 11.0. The van der Waals surface area contributed by atoms with E-state index in [0.29, 0.717) is 15.8 Å². The fourth-order valence-corrected chi connectivity index (χ4v) is 2.83. The highest BCUT2D eigenvalue weighted by Crippen LogP contribution is 2.28. The van der Waals surface area contributed by atoms with E-state index in [2.05, 4.69) is 20.9 Å². The first-order valence-corrected chi connectivity index (χ1v) is 6.94. The monoisotopic (exact) mass is 348 g/mol. The average Bonchev–Trinajstić information content (AvgIpc) is 2.74. The minimum atomic E-state index is -0.993. The maximum atomic E-state index is 13.2. The Bertz CT molecular complexity index is 873. The largest absolute Gasteiger partial charge is 0.478 e. The van der Waals surface area contributed by atoms with Gasteiger partial charge in [0, 0.05) is 4.47 Å². The van der Waals surface area contributed by atoms with Crippen LogP contribution in [0.3, 0.4) is 0 Å². The summed E-state index contributed by atoms with van der Waals surface area (Å²) in [5.74, 6) is -0.632. The molecule has 6 heteroatoms. The van der Waals surface area contributed by atoms with Crippen molar-refractivity contribution in [2.75, 3.05) is 0 Å². The molecule has 0 saturated heterocycles. The van der Waals surface area contributed by atoms with Crippen molar-refractivity contribution in [3.05, 3.63) is 58.1 Å². The van der Waals surface area contributed by atoms with Crippen LogP contribution in [0.15, 0.2) is 40.9 Å². The number of aryl methyl sites for hydroxylation is 1. The van der Waals surface area contributed by atoms with Crippen LogP contribution < -0.4 is 0 Å². The second-order valence-corrected chi connectivity index (χ2v) is 5.45. The van der Waals surface area contributed by atoms with E-state index >= 15 is 0 Å². The van der Waals surface area contributed by atoms with Crippen molar-refractivity contribution in [1.82, 2.24) is 9.55 Å². The third-order valence-electron chi connectivity index (χ3n) is 3.22. The van der Waals surface area contributed by atoms with Crippen molar-refractivity contribution in [1.29, 1.82) is 0 Å². The predicted molar refractivity (Wildman–Crippen MR) is 80.4 cm³/mol. The number of hydrogen-bond donors (Lipinski definition) is 1. The standard InChI is InChI=1S/C15H10BrFN2O2/c1-8-18-12-6-9(15(20)21)2-4-14(12)19(8)13-5-3-10(17)7-11(13)16/h2-7H,1H3,(H,20,21). The lowest BCUT2D eigenvalue weighted by Gasteiger charge is -2.09. The maximum Gasteiger partial charge on any atom is 0.335 e. The van der Waals surface area contributed by atoms with Gasteiger partial charge >= 0.3 is 5.97 Å².